The summed E-state index contributed by atoms with van der Waals surface area (Å²) in [5, 5.41) is 0. The maximum Gasteiger partial charge on any atom is 0.603 e. The van der Waals surface area contributed by atoms with Crippen LogP contribution in [0.15, 0.2) is 35.3 Å². The molecule has 0 saturated heterocycles. The van der Waals surface area contributed by atoms with Gasteiger partial charge in [-0.25, -0.2) is 0 Å². The third-order valence-corrected chi connectivity index (χ3v) is 2.61. The van der Waals surface area contributed by atoms with Crippen LogP contribution in [-0.4, -0.2) is 44.5 Å². The molecule has 1 rings (SSSR count). The van der Waals surface area contributed by atoms with Gasteiger partial charge < -0.3 is 9.55 Å². The Balaban J connectivity index is 2.71. The number of aliphatic imine (C=N–C) groups is 1. The van der Waals surface area contributed by atoms with Gasteiger partial charge in [0.2, 0.25) is 0 Å². The lowest BCUT2D eigenvalue weighted by atomic mass is 9.82. The lowest BCUT2D eigenvalue weighted by Crippen LogP contribution is -2.37. The molecular formula is C14H20BFN2O2. The fourth-order valence-electron chi connectivity index (χ4n) is 1.55. The molecule has 0 saturated carbocycles. The van der Waals surface area contributed by atoms with Gasteiger partial charge >= 0.3 is 13.2 Å². The van der Waals surface area contributed by atoms with Gasteiger partial charge in [0.25, 0.3) is 0 Å². The van der Waals surface area contributed by atoms with Crippen LogP contribution in [0.1, 0.15) is 13.8 Å². The number of carbonyl (C=O) groups excluding carboxylic acids is 1. The molecule has 1 aromatic rings. The largest absolute Gasteiger partial charge is 0.603 e. The zero-order chi connectivity index (χ0) is 15.1. The van der Waals surface area contributed by atoms with E-state index in [0.29, 0.717) is 5.46 Å². The van der Waals surface area contributed by atoms with Crippen LogP contribution in [0, 0.1) is 5.92 Å². The van der Waals surface area contributed by atoms with Crippen molar-refractivity contribution in [3.8, 4) is 0 Å². The van der Waals surface area contributed by atoms with Gasteiger partial charge in [-0.15, -0.1) is 0 Å². The molecule has 1 atom stereocenters. The minimum atomic E-state index is -1.76. The summed E-state index contributed by atoms with van der Waals surface area (Å²) in [5.41, 5.74) is 0.319. The van der Waals surface area contributed by atoms with Crippen molar-refractivity contribution in [1.82, 2.24) is 4.90 Å². The highest BCUT2D eigenvalue weighted by molar-refractivity contribution is 6.62. The van der Waals surface area contributed by atoms with Crippen LogP contribution >= 0.6 is 0 Å². The number of nitrogens with zero attached hydrogens (tertiary/aromatic N) is 2. The van der Waals surface area contributed by atoms with Gasteiger partial charge in [-0.1, -0.05) is 44.2 Å². The summed E-state index contributed by atoms with van der Waals surface area (Å²) < 4.78 is 18.8. The average molecular weight is 278 g/mol. The van der Waals surface area contributed by atoms with Crippen molar-refractivity contribution < 1.29 is 13.8 Å². The first-order valence-electron chi connectivity index (χ1n) is 6.51. The number of hydrogen-bond donors (Lipinski definition) is 0. The van der Waals surface area contributed by atoms with Crippen molar-refractivity contribution in [3.05, 3.63) is 30.3 Å². The fraction of sp³-hybridized carbons (Fsp3) is 0.429. The standard InChI is InChI=1S/C14H20BFN2O2/c1-11(2)13(17-10-18(3)4)14(19)20-15(16)12-8-6-5-7-9-12/h5-11,13H,1-4H3. The van der Waals surface area contributed by atoms with Gasteiger partial charge in [0.05, 0.1) is 6.34 Å². The van der Waals surface area contributed by atoms with Gasteiger partial charge in [0, 0.05) is 19.6 Å². The molecule has 0 bridgehead atoms. The molecule has 0 amide bonds. The van der Waals surface area contributed by atoms with Crippen LogP contribution in [0.25, 0.3) is 0 Å². The molecule has 0 N–H and O–H groups in total. The number of halogens is 1. The van der Waals surface area contributed by atoms with Crippen LogP contribution in [0.3, 0.4) is 0 Å². The minimum absolute atomic E-state index is 0.0679. The highest BCUT2D eigenvalue weighted by atomic mass is 19.1. The van der Waals surface area contributed by atoms with Gasteiger partial charge in [-0.05, 0) is 5.92 Å². The van der Waals surface area contributed by atoms with E-state index >= 15 is 0 Å². The first-order chi connectivity index (χ1) is 9.41. The Morgan fingerprint density at radius 3 is 2.45 bits per heavy atom. The smallest absolute Gasteiger partial charge is 0.501 e. The minimum Gasteiger partial charge on any atom is -0.501 e. The molecule has 0 aliphatic carbocycles. The van der Waals surface area contributed by atoms with Crippen molar-refractivity contribution in [1.29, 1.82) is 0 Å². The molecule has 0 aliphatic rings. The second kappa shape index (κ2) is 7.67. The Kier molecular flexibility index (Phi) is 6.22. The van der Waals surface area contributed by atoms with Gasteiger partial charge in [-0.3, -0.25) is 14.1 Å². The van der Waals surface area contributed by atoms with E-state index in [1.165, 1.54) is 6.34 Å². The van der Waals surface area contributed by atoms with Gasteiger partial charge in [-0.2, -0.15) is 0 Å². The Morgan fingerprint density at radius 1 is 1.35 bits per heavy atom. The normalized spacial score (nSPS) is 12.5. The monoisotopic (exact) mass is 278 g/mol. The summed E-state index contributed by atoms with van der Waals surface area (Å²) in [5.74, 6) is -0.726. The molecule has 0 heterocycles. The Morgan fingerprint density at radius 2 is 1.95 bits per heavy atom. The highest BCUT2D eigenvalue weighted by Gasteiger charge is 2.29. The van der Waals surface area contributed by atoms with E-state index in [9.17, 15) is 9.11 Å². The summed E-state index contributed by atoms with van der Waals surface area (Å²) in [6, 6.07) is 7.60. The van der Waals surface area contributed by atoms with E-state index in [0.717, 1.165) is 0 Å². The molecular weight excluding hydrogens is 258 g/mol. The molecule has 6 heteroatoms. The van der Waals surface area contributed by atoms with Crippen LogP contribution < -0.4 is 5.46 Å². The summed E-state index contributed by atoms with van der Waals surface area (Å²) in [4.78, 5) is 17.8. The van der Waals surface area contributed by atoms with Crippen molar-refractivity contribution >= 4 is 25.0 Å². The topological polar surface area (TPSA) is 41.9 Å². The zero-order valence-electron chi connectivity index (χ0n) is 12.3. The number of hydrogen-bond acceptors (Lipinski definition) is 3. The Labute approximate surface area is 119 Å². The maximum absolute atomic E-state index is 13.9. The maximum atomic E-state index is 13.9. The predicted octanol–water partition coefficient (Wildman–Crippen LogP) is 1.51. The summed E-state index contributed by atoms with van der Waals surface area (Å²) in [6.45, 7) is 3.68. The fourth-order valence-corrected chi connectivity index (χ4v) is 1.55. The Bertz CT molecular complexity index is 452. The molecule has 0 spiro atoms. The predicted molar refractivity (Wildman–Crippen MR) is 79.8 cm³/mol. The first kappa shape index (κ1) is 16.2. The number of rotatable bonds is 6. The van der Waals surface area contributed by atoms with E-state index in [-0.39, 0.29) is 5.92 Å². The second-order valence-electron chi connectivity index (χ2n) is 5.08. The van der Waals surface area contributed by atoms with Crippen LogP contribution in [-0.2, 0) is 9.45 Å². The molecule has 0 aromatic heterocycles. The van der Waals surface area contributed by atoms with E-state index in [2.05, 4.69) is 4.99 Å². The lowest BCUT2D eigenvalue weighted by molar-refractivity contribution is -0.137. The quantitative estimate of drug-likeness (QED) is 0.450. The second-order valence-corrected chi connectivity index (χ2v) is 5.08. The SMILES string of the molecule is CC(C)C(N=CN(C)C)C(=O)OB(F)c1ccccc1. The molecule has 108 valence electrons. The van der Waals surface area contributed by atoms with Gasteiger partial charge in [0.15, 0.2) is 0 Å². The zero-order valence-corrected chi connectivity index (χ0v) is 12.3. The molecule has 1 aromatic carbocycles. The molecule has 20 heavy (non-hydrogen) atoms. The third-order valence-electron chi connectivity index (χ3n) is 2.61. The van der Waals surface area contributed by atoms with Crippen molar-refractivity contribution in [2.24, 2.45) is 10.9 Å². The molecule has 0 radical (unpaired) electrons. The van der Waals surface area contributed by atoms with E-state index in [4.69, 9.17) is 4.65 Å². The first-order valence-corrected chi connectivity index (χ1v) is 6.51. The molecule has 1 unspecified atom stereocenters. The third kappa shape index (κ3) is 5.03. The lowest BCUT2D eigenvalue weighted by Gasteiger charge is -2.17. The van der Waals surface area contributed by atoms with Crippen molar-refractivity contribution in [3.63, 3.8) is 0 Å². The highest BCUT2D eigenvalue weighted by Crippen LogP contribution is 2.09. The van der Waals surface area contributed by atoms with E-state index < -0.39 is 19.2 Å². The van der Waals surface area contributed by atoms with E-state index in [1.807, 2.05) is 13.8 Å². The summed E-state index contributed by atoms with van der Waals surface area (Å²) in [6.07, 6.45) is 1.53. The molecule has 4 nitrogen and oxygen atoms in total. The van der Waals surface area contributed by atoms with Gasteiger partial charge in [0.1, 0.15) is 6.04 Å². The Hall–Kier alpha value is -1.85. The van der Waals surface area contributed by atoms with E-state index in [1.54, 1.807) is 49.3 Å². The number of benzene rings is 1. The van der Waals surface area contributed by atoms with Crippen molar-refractivity contribution in [2.75, 3.05) is 14.1 Å². The van der Waals surface area contributed by atoms with Crippen LogP contribution in [0.5, 0.6) is 0 Å². The molecule has 0 aliphatic heterocycles. The summed E-state index contributed by atoms with van der Waals surface area (Å²) in [7, 11) is 1.84. The van der Waals surface area contributed by atoms with Crippen LogP contribution in [0.2, 0.25) is 0 Å². The molecule has 0 fully saturated rings. The van der Waals surface area contributed by atoms with Crippen molar-refractivity contribution in [2.45, 2.75) is 19.9 Å². The summed E-state index contributed by atoms with van der Waals surface area (Å²) >= 11 is 0. The number of carbonyl (C=O) groups is 1. The van der Waals surface area contributed by atoms with Crippen LogP contribution in [0.4, 0.5) is 4.32 Å². The average Bonchev–Trinajstić information content (AvgIpc) is 2.39.